The second-order valence-corrected chi connectivity index (χ2v) is 4.25. The quantitative estimate of drug-likeness (QED) is 0.670. The molecule has 0 aliphatic rings. The van der Waals surface area contributed by atoms with Gasteiger partial charge in [0.15, 0.2) is 0 Å². The molecule has 0 spiro atoms. The first-order valence-electron chi connectivity index (χ1n) is 5.84. The van der Waals surface area contributed by atoms with Gasteiger partial charge in [0.25, 0.3) is 0 Å². The fourth-order valence-electron chi connectivity index (χ4n) is 1.76. The van der Waals surface area contributed by atoms with Crippen molar-refractivity contribution in [3.05, 3.63) is 71.0 Å². The van der Waals surface area contributed by atoms with Gasteiger partial charge in [-0.3, -0.25) is 0 Å². The van der Waals surface area contributed by atoms with Crippen LogP contribution in [0.1, 0.15) is 16.7 Å². The number of aryl methyl sites for hydroxylation is 1. The van der Waals surface area contributed by atoms with Crippen LogP contribution in [0, 0.1) is 12.7 Å². The molecule has 0 radical (unpaired) electrons. The maximum Gasteiger partial charge on any atom is 0.336 e. The molecule has 1 N–H and O–H groups in total. The fourth-order valence-corrected chi connectivity index (χ4v) is 1.76. The molecule has 0 aliphatic carbocycles. The van der Waals surface area contributed by atoms with Gasteiger partial charge in [-0.05, 0) is 24.6 Å². The smallest absolute Gasteiger partial charge is 0.336 e. The highest BCUT2D eigenvalue weighted by Crippen LogP contribution is 2.21. The Morgan fingerprint density at radius 2 is 1.74 bits per heavy atom. The molecule has 0 saturated carbocycles. The molecule has 0 aromatic heterocycles. The van der Waals surface area contributed by atoms with E-state index in [9.17, 15) is 14.3 Å². The number of carboxylic acids is 1. The molecule has 0 atom stereocenters. The van der Waals surface area contributed by atoms with Crippen LogP contribution in [0.5, 0.6) is 0 Å². The van der Waals surface area contributed by atoms with Gasteiger partial charge in [0, 0.05) is 5.56 Å². The van der Waals surface area contributed by atoms with Crippen LogP contribution in [0.4, 0.5) is 4.39 Å². The fraction of sp³-hybridized carbons (Fsp3) is 0.0625. The van der Waals surface area contributed by atoms with Crippen LogP contribution in [-0.4, -0.2) is 11.1 Å². The van der Waals surface area contributed by atoms with Crippen LogP contribution in [0.2, 0.25) is 0 Å². The lowest BCUT2D eigenvalue weighted by Crippen LogP contribution is -2.01. The minimum atomic E-state index is -1.15. The van der Waals surface area contributed by atoms with Crippen LogP contribution in [-0.2, 0) is 4.79 Å². The van der Waals surface area contributed by atoms with Gasteiger partial charge in [0.05, 0.1) is 5.57 Å². The molecule has 0 heterocycles. The Morgan fingerprint density at radius 3 is 2.32 bits per heavy atom. The normalized spacial score (nSPS) is 11.4. The van der Waals surface area contributed by atoms with E-state index in [-0.39, 0.29) is 11.1 Å². The van der Waals surface area contributed by atoms with Crippen molar-refractivity contribution in [2.75, 3.05) is 0 Å². The highest BCUT2D eigenvalue weighted by Gasteiger charge is 2.14. The summed E-state index contributed by atoms with van der Waals surface area (Å²) < 4.78 is 13.7. The third-order valence-electron chi connectivity index (χ3n) is 2.78. The van der Waals surface area contributed by atoms with Gasteiger partial charge in [0.1, 0.15) is 5.82 Å². The largest absolute Gasteiger partial charge is 0.478 e. The molecule has 0 fully saturated rings. The number of halogens is 1. The molecular weight excluding hydrogens is 243 g/mol. The molecule has 2 nitrogen and oxygen atoms in total. The number of hydrogen-bond donors (Lipinski definition) is 1. The SMILES string of the molecule is Cc1ccc(/C=C(/C(=O)O)c2ccccc2F)cc1. The molecule has 96 valence electrons. The molecule has 0 saturated heterocycles. The number of rotatable bonds is 3. The summed E-state index contributed by atoms with van der Waals surface area (Å²) >= 11 is 0. The zero-order valence-electron chi connectivity index (χ0n) is 10.4. The third-order valence-corrected chi connectivity index (χ3v) is 2.78. The molecule has 19 heavy (non-hydrogen) atoms. The molecule has 3 heteroatoms. The highest BCUT2D eigenvalue weighted by atomic mass is 19.1. The second kappa shape index (κ2) is 5.48. The van der Waals surface area contributed by atoms with Gasteiger partial charge in [-0.2, -0.15) is 0 Å². The molecule has 2 rings (SSSR count). The van der Waals surface area contributed by atoms with Crippen molar-refractivity contribution in [1.29, 1.82) is 0 Å². The molecule has 0 unspecified atom stereocenters. The third kappa shape index (κ3) is 3.07. The average Bonchev–Trinajstić information content (AvgIpc) is 2.39. The van der Waals surface area contributed by atoms with Gasteiger partial charge in [-0.25, -0.2) is 9.18 Å². The zero-order chi connectivity index (χ0) is 13.8. The molecule has 0 bridgehead atoms. The lowest BCUT2D eigenvalue weighted by Gasteiger charge is -2.04. The van der Waals surface area contributed by atoms with Gasteiger partial charge in [-0.1, -0.05) is 48.0 Å². The Balaban J connectivity index is 2.50. The number of aliphatic carboxylic acids is 1. The van der Waals surface area contributed by atoms with E-state index in [2.05, 4.69) is 0 Å². The number of benzene rings is 2. The van der Waals surface area contributed by atoms with E-state index in [4.69, 9.17) is 0 Å². The summed E-state index contributed by atoms with van der Waals surface area (Å²) in [6, 6.07) is 13.2. The average molecular weight is 256 g/mol. The summed E-state index contributed by atoms with van der Waals surface area (Å²) in [4.78, 5) is 11.3. The van der Waals surface area contributed by atoms with Crippen molar-refractivity contribution in [3.63, 3.8) is 0 Å². The number of carboxylic acid groups (broad SMARTS) is 1. The van der Waals surface area contributed by atoms with E-state index in [0.717, 1.165) is 11.1 Å². The highest BCUT2D eigenvalue weighted by molar-refractivity contribution is 6.20. The van der Waals surface area contributed by atoms with E-state index in [1.807, 2.05) is 19.1 Å². The molecule has 0 aliphatic heterocycles. The van der Waals surface area contributed by atoms with E-state index in [1.165, 1.54) is 24.3 Å². The van der Waals surface area contributed by atoms with E-state index in [1.54, 1.807) is 18.2 Å². The predicted molar refractivity (Wildman–Crippen MR) is 73.1 cm³/mol. The minimum Gasteiger partial charge on any atom is -0.478 e. The van der Waals surface area contributed by atoms with Crippen molar-refractivity contribution in [2.24, 2.45) is 0 Å². The first kappa shape index (κ1) is 13.0. The molecule has 0 amide bonds. The van der Waals surface area contributed by atoms with Crippen LogP contribution >= 0.6 is 0 Å². The summed E-state index contributed by atoms with van der Waals surface area (Å²) in [6.45, 7) is 1.95. The molecule has 2 aromatic rings. The summed E-state index contributed by atoms with van der Waals surface area (Å²) in [5, 5.41) is 9.23. The Bertz CT molecular complexity index is 627. The van der Waals surface area contributed by atoms with Gasteiger partial charge in [0.2, 0.25) is 0 Å². The number of hydrogen-bond acceptors (Lipinski definition) is 1. The van der Waals surface area contributed by atoms with E-state index < -0.39 is 11.8 Å². The summed E-state index contributed by atoms with van der Waals surface area (Å²) in [5.74, 6) is -1.69. The first-order valence-corrected chi connectivity index (χ1v) is 5.84. The monoisotopic (exact) mass is 256 g/mol. The molecule has 2 aromatic carbocycles. The Hall–Kier alpha value is -2.42. The number of carbonyl (C=O) groups is 1. The van der Waals surface area contributed by atoms with Crippen molar-refractivity contribution < 1.29 is 14.3 Å². The van der Waals surface area contributed by atoms with Gasteiger partial charge < -0.3 is 5.11 Å². The maximum atomic E-state index is 13.7. The maximum absolute atomic E-state index is 13.7. The lowest BCUT2D eigenvalue weighted by molar-refractivity contribution is -0.130. The topological polar surface area (TPSA) is 37.3 Å². The van der Waals surface area contributed by atoms with Crippen LogP contribution in [0.3, 0.4) is 0 Å². The molecular formula is C16H13FO2. The Labute approximate surface area is 110 Å². The summed E-state index contributed by atoms with van der Waals surface area (Å²) in [5.41, 5.74) is 1.85. The summed E-state index contributed by atoms with van der Waals surface area (Å²) in [7, 11) is 0. The van der Waals surface area contributed by atoms with Crippen molar-refractivity contribution >= 4 is 17.6 Å². The predicted octanol–water partition coefficient (Wildman–Crippen LogP) is 3.76. The minimum absolute atomic E-state index is 0.0537. The zero-order valence-corrected chi connectivity index (χ0v) is 10.4. The van der Waals surface area contributed by atoms with Crippen LogP contribution < -0.4 is 0 Å². The van der Waals surface area contributed by atoms with Crippen LogP contribution in [0.15, 0.2) is 48.5 Å². The van der Waals surface area contributed by atoms with Crippen molar-refractivity contribution in [1.82, 2.24) is 0 Å². The van der Waals surface area contributed by atoms with Crippen molar-refractivity contribution in [3.8, 4) is 0 Å². The first-order chi connectivity index (χ1) is 9.08. The van der Waals surface area contributed by atoms with E-state index >= 15 is 0 Å². The van der Waals surface area contributed by atoms with Crippen molar-refractivity contribution in [2.45, 2.75) is 6.92 Å². The second-order valence-electron chi connectivity index (χ2n) is 4.25. The Kier molecular flexibility index (Phi) is 3.76. The van der Waals surface area contributed by atoms with Gasteiger partial charge >= 0.3 is 5.97 Å². The lowest BCUT2D eigenvalue weighted by atomic mass is 10.0. The summed E-state index contributed by atoms with van der Waals surface area (Å²) in [6.07, 6.45) is 1.47. The van der Waals surface area contributed by atoms with Crippen LogP contribution in [0.25, 0.3) is 11.6 Å². The Morgan fingerprint density at radius 1 is 1.11 bits per heavy atom. The van der Waals surface area contributed by atoms with E-state index in [0.29, 0.717) is 0 Å². The standard InChI is InChI=1S/C16H13FO2/c1-11-6-8-12(9-7-11)10-14(16(18)19)13-4-2-3-5-15(13)17/h2-10H,1H3,(H,18,19)/b14-10+. The van der Waals surface area contributed by atoms with Gasteiger partial charge in [-0.15, -0.1) is 0 Å².